The van der Waals surface area contributed by atoms with Crippen molar-refractivity contribution in [2.75, 3.05) is 11.9 Å². The summed E-state index contributed by atoms with van der Waals surface area (Å²) in [7, 11) is 0. The van der Waals surface area contributed by atoms with E-state index < -0.39 is 0 Å². The van der Waals surface area contributed by atoms with Crippen LogP contribution in [0, 0.1) is 5.82 Å². The summed E-state index contributed by atoms with van der Waals surface area (Å²) in [4.78, 5) is 0.211. The third-order valence-corrected chi connectivity index (χ3v) is 3.99. The Hall–Kier alpha value is -1.94. The van der Waals surface area contributed by atoms with Gasteiger partial charge in [0.1, 0.15) is 10.8 Å². The van der Waals surface area contributed by atoms with Gasteiger partial charge in [-0.15, -0.1) is 0 Å². The second-order valence-corrected chi connectivity index (χ2v) is 5.48. The molecule has 0 saturated carbocycles. The lowest BCUT2D eigenvalue weighted by molar-refractivity contribution is 0.614. The van der Waals surface area contributed by atoms with Crippen LogP contribution in [0.3, 0.4) is 0 Å². The fraction of sp³-hybridized carbons (Fsp3) is 0.188. The van der Waals surface area contributed by atoms with Crippen molar-refractivity contribution < 1.29 is 4.39 Å². The van der Waals surface area contributed by atoms with Crippen LogP contribution in [0.1, 0.15) is 22.6 Å². The van der Waals surface area contributed by atoms with Gasteiger partial charge in [0.05, 0.1) is 5.69 Å². The van der Waals surface area contributed by atoms with Crippen LogP contribution < -0.4 is 11.1 Å². The standard InChI is InChI=1S/C16H15FN2S/c17-14-8-11(16(18)20)5-6-15(14)19-9-12-7-10-3-1-2-4-13(10)12/h1-6,8,12,19H,7,9H2,(H2,18,20). The summed E-state index contributed by atoms with van der Waals surface area (Å²) in [6.45, 7) is 0.736. The van der Waals surface area contributed by atoms with E-state index in [1.54, 1.807) is 12.1 Å². The molecule has 0 fully saturated rings. The van der Waals surface area contributed by atoms with E-state index in [1.165, 1.54) is 17.2 Å². The average molecular weight is 286 g/mol. The van der Waals surface area contributed by atoms with Gasteiger partial charge in [-0.05, 0) is 35.7 Å². The van der Waals surface area contributed by atoms with E-state index in [0.29, 0.717) is 17.2 Å². The van der Waals surface area contributed by atoms with Crippen LogP contribution in [-0.2, 0) is 6.42 Å². The quantitative estimate of drug-likeness (QED) is 0.848. The van der Waals surface area contributed by atoms with Gasteiger partial charge in [-0.3, -0.25) is 0 Å². The zero-order valence-corrected chi connectivity index (χ0v) is 11.7. The van der Waals surface area contributed by atoms with Gasteiger partial charge < -0.3 is 11.1 Å². The van der Waals surface area contributed by atoms with E-state index in [1.807, 2.05) is 6.07 Å². The first-order valence-corrected chi connectivity index (χ1v) is 6.97. The molecule has 3 N–H and O–H groups in total. The van der Waals surface area contributed by atoms with E-state index in [2.05, 4.69) is 23.5 Å². The molecule has 0 amide bonds. The van der Waals surface area contributed by atoms with Crippen LogP contribution in [-0.4, -0.2) is 11.5 Å². The van der Waals surface area contributed by atoms with Crippen LogP contribution >= 0.6 is 12.2 Å². The second kappa shape index (κ2) is 5.21. The minimum absolute atomic E-state index is 0.211. The van der Waals surface area contributed by atoms with E-state index in [4.69, 9.17) is 18.0 Å². The van der Waals surface area contributed by atoms with Crippen molar-refractivity contribution in [3.8, 4) is 0 Å². The Morgan fingerprint density at radius 1 is 1.30 bits per heavy atom. The van der Waals surface area contributed by atoms with Gasteiger partial charge in [-0.2, -0.15) is 0 Å². The lowest BCUT2D eigenvalue weighted by Gasteiger charge is -2.30. The maximum absolute atomic E-state index is 13.9. The molecule has 3 rings (SSSR count). The number of halogens is 1. The lowest BCUT2D eigenvalue weighted by Crippen LogP contribution is -2.24. The van der Waals surface area contributed by atoms with Crippen LogP contribution in [0.15, 0.2) is 42.5 Å². The number of benzene rings is 2. The topological polar surface area (TPSA) is 38.0 Å². The lowest BCUT2D eigenvalue weighted by atomic mass is 9.77. The van der Waals surface area contributed by atoms with Crippen LogP contribution in [0.5, 0.6) is 0 Å². The first-order chi connectivity index (χ1) is 9.65. The molecule has 1 unspecified atom stereocenters. The summed E-state index contributed by atoms with van der Waals surface area (Å²) < 4.78 is 13.9. The van der Waals surface area contributed by atoms with Crippen LogP contribution in [0.25, 0.3) is 0 Å². The summed E-state index contributed by atoms with van der Waals surface area (Å²) in [5.41, 5.74) is 9.28. The molecule has 102 valence electrons. The Morgan fingerprint density at radius 3 is 2.80 bits per heavy atom. The zero-order valence-electron chi connectivity index (χ0n) is 10.9. The molecule has 4 heteroatoms. The molecule has 2 aromatic rings. The summed E-state index contributed by atoms with van der Waals surface area (Å²) in [5.74, 6) is 0.142. The molecule has 0 bridgehead atoms. The highest BCUT2D eigenvalue weighted by atomic mass is 32.1. The van der Waals surface area contributed by atoms with Crippen molar-refractivity contribution in [1.29, 1.82) is 0 Å². The Bertz CT molecular complexity index is 669. The fourth-order valence-corrected chi connectivity index (χ4v) is 2.72. The largest absolute Gasteiger partial charge is 0.389 e. The predicted molar refractivity (Wildman–Crippen MR) is 83.7 cm³/mol. The van der Waals surface area contributed by atoms with Gasteiger partial charge >= 0.3 is 0 Å². The first-order valence-electron chi connectivity index (χ1n) is 6.56. The average Bonchev–Trinajstić information content (AvgIpc) is 2.41. The Morgan fingerprint density at radius 2 is 2.10 bits per heavy atom. The zero-order chi connectivity index (χ0) is 14.1. The first kappa shape index (κ1) is 13.1. The summed E-state index contributed by atoms with van der Waals surface area (Å²) in [6.07, 6.45) is 1.05. The monoisotopic (exact) mass is 286 g/mol. The molecule has 0 saturated heterocycles. The fourth-order valence-electron chi connectivity index (χ4n) is 2.59. The Balaban J connectivity index is 1.67. The molecule has 1 atom stereocenters. The predicted octanol–water partition coefficient (Wildman–Crippen LogP) is 3.21. The van der Waals surface area contributed by atoms with Gasteiger partial charge in [0.2, 0.25) is 0 Å². The van der Waals surface area contributed by atoms with E-state index >= 15 is 0 Å². The van der Waals surface area contributed by atoms with Crippen molar-refractivity contribution in [3.63, 3.8) is 0 Å². The Kier molecular flexibility index (Phi) is 3.40. The summed E-state index contributed by atoms with van der Waals surface area (Å²) in [6, 6.07) is 13.2. The molecular formula is C16H15FN2S. The number of nitrogens with two attached hydrogens (primary N) is 1. The summed E-state index contributed by atoms with van der Waals surface area (Å²) >= 11 is 4.83. The third kappa shape index (κ3) is 2.39. The molecule has 0 radical (unpaired) electrons. The molecule has 0 aromatic heterocycles. The number of fused-ring (bicyclic) bond motifs is 1. The van der Waals surface area contributed by atoms with Crippen molar-refractivity contribution >= 4 is 22.9 Å². The molecule has 1 aliphatic carbocycles. The molecule has 2 aromatic carbocycles. The van der Waals surface area contributed by atoms with Crippen molar-refractivity contribution in [2.24, 2.45) is 5.73 Å². The van der Waals surface area contributed by atoms with Crippen molar-refractivity contribution in [3.05, 3.63) is 65.0 Å². The molecule has 20 heavy (non-hydrogen) atoms. The van der Waals surface area contributed by atoms with Crippen LogP contribution in [0.2, 0.25) is 0 Å². The minimum atomic E-state index is -0.317. The number of rotatable bonds is 4. The van der Waals surface area contributed by atoms with E-state index in [0.717, 1.165) is 13.0 Å². The number of hydrogen-bond acceptors (Lipinski definition) is 2. The van der Waals surface area contributed by atoms with Gasteiger partial charge in [0.15, 0.2) is 0 Å². The Labute approximate surface area is 122 Å². The van der Waals surface area contributed by atoms with E-state index in [9.17, 15) is 4.39 Å². The molecule has 1 aliphatic rings. The summed E-state index contributed by atoms with van der Waals surface area (Å²) in [5, 5.41) is 3.16. The van der Waals surface area contributed by atoms with Crippen molar-refractivity contribution in [1.82, 2.24) is 0 Å². The SMILES string of the molecule is NC(=S)c1ccc(NCC2Cc3ccccc32)c(F)c1. The third-order valence-electron chi connectivity index (χ3n) is 3.75. The molecule has 0 heterocycles. The highest BCUT2D eigenvalue weighted by Gasteiger charge is 2.25. The van der Waals surface area contributed by atoms with Gasteiger partial charge in [-0.25, -0.2) is 4.39 Å². The normalized spacial score (nSPS) is 16.1. The molecule has 2 nitrogen and oxygen atoms in total. The minimum Gasteiger partial charge on any atom is -0.389 e. The second-order valence-electron chi connectivity index (χ2n) is 5.04. The van der Waals surface area contributed by atoms with Crippen molar-refractivity contribution in [2.45, 2.75) is 12.3 Å². The molecular weight excluding hydrogens is 271 g/mol. The van der Waals surface area contributed by atoms with E-state index in [-0.39, 0.29) is 10.8 Å². The molecule has 0 aliphatic heterocycles. The van der Waals surface area contributed by atoms with Gasteiger partial charge in [0, 0.05) is 18.0 Å². The number of nitrogens with one attached hydrogen (secondary N) is 1. The highest BCUT2D eigenvalue weighted by molar-refractivity contribution is 7.80. The smallest absolute Gasteiger partial charge is 0.146 e. The van der Waals surface area contributed by atoms with Crippen LogP contribution in [0.4, 0.5) is 10.1 Å². The maximum atomic E-state index is 13.9. The number of anilines is 1. The van der Waals surface area contributed by atoms with Gasteiger partial charge in [0.25, 0.3) is 0 Å². The maximum Gasteiger partial charge on any atom is 0.146 e. The highest BCUT2D eigenvalue weighted by Crippen LogP contribution is 2.34. The molecule has 0 spiro atoms. The number of thiocarbonyl (C=S) groups is 1. The number of hydrogen-bond donors (Lipinski definition) is 2. The van der Waals surface area contributed by atoms with Gasteiger partial charge in [-0.1, -0.05) is 36.5 Å².